The zero-order valence-electron chi connectivity index (χ0n) is 17.7. The molecule has 24 heavy (non-hydrogen) atoms. The minimum Gasteiger partial charge on any atom is -0.158 e. The molecule has 144 valence electrons. The van der Waals surface area contributed by atoms with E-state index in [-0.39, 0.29) is 0 Å². The molecule has 0 aromatic rings. The third kappa shape index (κ3) is 8.63. The lowest BCUT2D eigenvalue weighted by Crippen LogP contribution is -2.18. The summed E-state index contributed by atoms with van der Waals surface area (Å²) in [5.41, 5.74) is 0. The van der Waals surface area contributed by atoms with Crippen LogP contribution in [0.15, 0.2) is 0 Å². The number of hydrogen-bond donors (Lipinski definition) is 0. The molecule has 0 nitrogen and oxygen atoms in total. The Kier molecular flexibility index (Phi) is 11.8. The van der Waals surface area contributed by atoms with Crippen molar-refractivity contribution in [3.8, 4) is 0 Å². The molecule has 0 amide bonds. The highest BCUT2D eigenvalue weighted by Crippen LogP contribution is 2.35. The van der Waals surface area contributed by atoms with Gasteiger partial charge in [0.05, 0.1) is 0 Å². The molecule has 0 bridgehead atoms. The van der Waals surface area contributed by atoms with Crippen molar-refractivity contribution in [2.45, 2.75) is 111 Å². The Labute approximate surface area is 158 Å². The van der Waals surface area contributed by atoms with Crippen molar-refractivity contribution in [3.63, 3.8) is 0 Å². The van der Waals surface area contributed by atoms with Gasteiger partial charge in [0.25, 0.3) is 0 Å². The zero-order valence-corrected chi connectivity index (χ0v) is 18.5. The van der Waals surface area contributed by atoms with Crippen LogP contribution in [0.5, 0.6) is 0 Å². The maximum Gasteiger partial charge on any atom is 0.00497 e. The van der Waals surface area contributed by atoms with E-state index in [0.29, 0.717) is 0 Å². The first-order valence-electron chi connectivity index (χ1n) is 11.1. The van der Waals surface area contributed by atoms with E-state index in [4.69, 9.17) is 0 Å². The molecule has 1 rings (SSSR count). The van der Waals surface area contributed by atoms with Gasteiger partial charge in [0.1, 0.15) is 0 Å². The summed E-state index contributed by atoms with van der Waals surface area (Å²) >= 11 is 2.34. The van der Waals surface area contributed by atoms with Crippen LogP contribution < -0.4 is 0 Å². The molecule has 0 spiro atoms. The van der Waals surface area contributed by atoms with Crippen LogP contribution in [0, 0.1) is 29.6 Å². The second kappa shape index (κ2) is 12.7. The Morgan fingerprint density at radius 3 is 2.08 bits per heavy atom. The topological polar surface area (TPSA) is 0 Å². The van der Waals surface area contributed by atoms with Crippen molar-refractivity contribution in [2.75, 3.05) is 5.75 Å². The fourth-order valence-corrected chi connectivity index (χ4v) is 5.92. The highest BCUT2D eigenvalue weighted by atomic mass is 32.2. The average molecular weight is 355 g/mol. The molecule has 0 aromatic heterocycles. The lowest BCUT2D eigenvalue weighted by atomic mass is 9.84. The molecule has 0 saturated heterocycles. The van der Waals surface area contributed by atoms with Gasteiger partial charge in [0.15, 0.2) is 0 Å². The Bertz CT molecular complexity index is 292. The maximum atomic E-state index is 2.47. The smallest absolute Gasteiger partial charge is 0.00497 e. The van der Waals surface area contributed by atoms with Gasteiger partial charge in [-0.2, -0.15) is 11.8 Å². The van der Waals surface area contributed by atoms with Gasteiger partial charge in [-0.25, -0.2) is 0 Å². The van der Waals surface area contributed by atoms with Crippen LogP contribution in [0.2, 0.25) is 0 Å². The summed E-state index contributed by atoms with van der Waals surface area (Å²) < 4.78 is 0. The quantitative estimate of drug-likeness (QED) is 0.340. The fourth-order valence-electron chi connectivity index (χ4n) is 4.28. The molecule has 1 fully saturated rings. The van der Waals surface area contributed by atoms with E-state index < -0.39 is 0 Å². The molecule has 0 radical (unpaired) electrons. The van der Waals surface area contributed by atoms with E-state index in [1.165, 1.54) is 70.0 Å². The monoisotopic (exact) mass is 354 g/mol. The van der Waals surface area contributed by atoms with Gasteiger partial charge < -0.3 is 0 Å². The Morgan fingerprint density at radius 1 is 0.875 bits per heavy atom. The van der Waals surface area contributed by atoms with Crippen molar-refractivity contribution in [1.29, 1.82) is 0 Å². The predicted octanol–water partition coefficient (Wildman–Crippen LogP) is 8.20. The Morgan fingerprint density at radius 2 is 1.54 bits per heavy atom. The largest absolute Gasteiger partial charge is 0.158 e. The summed E-state index contributed by atoms with van der Waals surface area (Å²) in [6, 6.07) is 0. The van der Waals surface area contributed by atoms with Crippen molar-refractivity contribution in [3.05, 3.63) is 0 Å². The van der Waals surface area contributed by atoms with E-state index in [1.54, 1.807) is 0 Å². The van der Waals surface area contributed by atoms with Crippen molar-refractivity contribution in [1.82, 2.24) is 0 Å². The third-order valence-electron chi connectivity index (χ3n) is 6.90. The normalized spacial score (nSPS) is 26.8. The van der Waals surface area contributed by atoms with Gasteiger partial charge in [-0.05, 0) is 67.4 Å². The van der Waals surface area contributed by atoms with Crippen molar-refractivity contribution >= 4 is 11.8 Å². The minimum absolute atomic E-state index is 0.901. The molecule has 0 N–H and O–H groups in total. The summed E-state index contributed by atoms with van der Waals surface area (Å²) in [5, 5.41) is 0.914. The van der Waals surface area contributed by atoms with Gasteiger partial charge >= 0.3 is 0 Å². The molecular formula is C23H46S. The molecule has 1 heteroatoms. The van der Waals surface area contributed by atoms with Gasteiger partial charge in [0.2, 0.25) is 0 Å². The van der Waals surface area contributed by atoms with Crippen LogP contribution >= 0.6 is 11.8 Å². The maximum absolute atomic E-state index is 2.47. The molecule has 1 saturated carbocycles. The SMILES string of the molecule is CCC(C)CC(CCC(CC)C(C)CC)SCC1CCC(C)CC1. The second-order valence-electron chi connectivity index (χ2n) is 8.96. The number of hydrogen-bond acceptors (Lipinski definition) is 1. The molecule has 0 heterocycles. The molecule has 0 aromatic carbocycles. The number of thioether (sulfide) groups is 1. The second-order valence-corrected chi connectivity index (χ2v) is 10.3. The first-order valence-corrected chi connectivity index (χ1v) is 12.2. The summed E-state index contributed by atoms with van der Waals surface area (Å²) in [5.74, 6) is 6.20. The standard InChI is InChI=1S/C23H46S/c1-7-18(4)16-23(15-14-22(9-3)20(6)8-2)24-17-21-12-10-19(5)11-13-21/h18-23H,7-17H2,1-6H3. The van der Waals surface area contributed by atoms with E-state index in [0.717, 1.165) is 34.8 Å². The van der Waals surface area contributed by atoms with Crippen LogP contribution in [0.1, 0.15) is 106 Å². The Hall–Kier alpha value is 0.350. The van der Waals surface area contributed by atoms with E-state index in [2.05, 4.69) is 53.3 Å². The number of rotatable bonds is 12. The lowest BCUT2D eigenvalue weighted by molar-refractivity contribution is 0.304. The van der Waals surface area contributed by atoms with Gasteiger partial charge in [-0.3, -0.25) is 0 Å². The van der Waals surface area contributed by atoms with Crippen molar-refractivity contribution in [2.24, 2.45) is 29.6 Å². The molecule has 4 atom stereocenters. The summed E-state index contributed by atoms with van der Waals surface area (Å²) in [6.45, 7) is 14.5. The highest BCUT2D eigenvalue weighted by molar-refractivity contribution is 7.99. The summed E-state index contributed by atoms with van der Waals surface area (Å²) in [4.78, 5) is 0. The van der Waals surface area contributed by atoms with Crippen LogP contribution in [-0.2, 0) is 0 Å². The fraction of sp³-hybridized carbons (Fsp3) is 1.00. The van der Waals surface area contributed by atoms with Gasteiger partial charge in [-0.1, -0.05) is 73.6 Å². The summed E-state index contributed by atoms with van der Waals surface area (Å²) in [7, 11) is 0. The molecule has 1 aliphatic carbocycles. The van der Waals surface area contributed by atoms with Crippen LogP contribution in [-0.4, -0.2) is 11.0 Å². The Balaban J connectivity index is 2.44. The summed E-state index contributed by atoms with van der Waals surface area (Å²) in [6.07, 6.45) is 14.4. The van der Waals surface area contributed by atoms with E-state index in [1.807, 2.05) is 0 Å². The highest BCUT2D eigenvalue weighted by Gasteiger charge is 2.22. The van der Waals surface area contributed by atoms with E-state index >= 15 is 0 Å². The van der Waals surface area contributed by atoms with Crippen LogP contribution in [0.4, 0.5) is 0 Å². The van der Waals surface area contributed by atoms with E-state index in [9.17, 15) is 0 Å². The first kappa shape index (κ1) is 22.4. The average Bonchev–Trinajstić information content (AvgIpc) is 2.60. The predicted molar refractivity (Wildman–Crippen MR) is 114 cm³/mol. The molecular weight excluding hydrogens is 308 g/mol. The lowest BCUT2D eigenvalue weighted by Gasteiger charge is -2.29. The molecule has 1 aliphatic rings. The van der Waals surface area contributed by atoms with Crippen LogP contribution in [0.25, 0.3) is 0 Å². The third-order valence-corrected chi connectivity index (χ3v) is 8.46. The van der Waals surface area contributed by atoms with Gasteiger partial charge in [0, 0.05) is 5.25 Å². The minimum atomic E-state index is 0.901. The molecule has 4 unspecified atom stereocenters. The van der Waals surface area contributed by atoms with Crippen molar-refractivity contribution < 1.29 is 0 Å². The van der Waals surface area contributed by atoms with Crippen LogP contribution in [0.3, 0.4) is 0 Å². The molecule has 0 aliphatic heterocycles. The first-order chi connectivity index (χ1) is 11.5. The van der Waals surface area contributed by atoms with Gasteiger partial charge in [-0.15, -0.1) is 0 Å². The zero-order chi connectivity index (χ0) is 17.9.